The molecule has 1 saturated heterocycles. The molecule has 3 rings (SSSR count). The van der Waals surface area contributed by atoms with Crippen molar-refractivity contribution in [3.63, 3.8) is 0 Å². The third-order valence-corrected chi connectivity index (χ3v) is 4.90. The van der Waals surface area contributed by atoms with Crippen molar-refractivity contribution in [2.45, 2.75) is 12.6 Å². The van der Waals surface area contributed by atoms with Crippen LogP contribution >= 0.6 is 23.2 Å². The summed E-state index contributed by atoms with van der Waals surface area (Å²) in [6.45, 7) is 1.18. The number of hydrogen-bond acceptors (Lipinski definition) is 4. The van der Waals surface area contributed by atoms with E-state index in [9.17, 15) is 10.3 Å². The summed E-state index contributed by atoms with van der Waals surface area (Å²) in [5.41, 5.74) is 2.49. The maximum Gasteiger partial charge on any atom is 0.0854 e. The molecule has 0 unspecified atom stereocenters. The lowest BCUT2D eigenvalue weighted by Gasteiger charge is -2.25. The van der Waals surface area contributed by atoms with Gasteiger partial charge in [0.15, 0.2) is 0 Å². The number of rotatable bonds is 4. The van der Waals surface area contributed by atoms with Crippen LogP contribution in [0.4, 0.5) is 0 Å². The molecule has 1 aliphatic rings. The molecule has 0 saturated carbocycles. The van der Waals surface area contributed by atoms with Crippen molar-refractivity contribution in [2.75, 3.05) is 13.2 Å². The van der Waals surface area contributed by atoms with E-state index in [1.54, 1.807) is 12.1 Å². The van der Waals surface area contributed by atoms with Crippen LogP contribution in [-0.2, 0) is 6.54 Å². The van der Waals surface area contributed by atoms with Crippen LogP contribution in [0.3, 0.4) is 0 Å². The van der Waals surface area contributed by atoms with Crippen molar-refractivity contribution in [3.8, 4) is 0 Å². The fraction of sp³-hybridized carbons (Fsp3) is 0.278. The minimum Gasteiger partial charge on any atom is -0.411 e. The molecular weight excluding hydrogens is 347 g/mol. The fourth-order valence-electron chi connectivity index (χ4n) is 3.23. The van der Waals surface area contributed by atoms with Crippen molar-refractivity contribution in [3.05, 3.63) is 69.7 Å². The molecule has 0 amide bonds. The van der Waals surface area contributed by atoms with Crippen molar-refractivity contribution in [2.24, 2.45) is 11.1 Å². The maximum absolute atomic E-state index is 9.66. The SMILES string of the molecule is OC[C@@H]1CN(Cc2ccccc2)[C@@H](c2ccc(Cl)cc2Cl)/C1=N/O. The van der Waals surface area contributed by atoms with Gasteiger partial charge in [-0.05, 0) is 23.3 Å². The molecule has 0 radical (unpaired) electrons. The molecular formula is C18H18Cl2N2O2. The molecule has 6 heteroatoms. The van der Waals surface area contributed by atoms with E-state index in [1.807, 2.05) is 36.4 Å². The van der Waals surface area contributed by atoms with E-state index < -0.39 is 0 Å². The van der Waals surface area contributed by atoms with Gasteiger partial charge in [-0.2, -0.15) is 0 Å². The van der Waals surface area contributed by atoms with E-state index in [-0.39, 0.29) is 18.6 Å². The molecule has 0 spiro atoms. The largest absolute Gasteiger partial charge is 0.411 e. The maximum atomic E-state index is 9.66. The number of nitrogens with zero attached hydrogens (tertiary/aromatic N) is 2. The van der Waals surface area contributed by atoms with Gasteiger partial charge in [0.1, 0.15) is 0 Å². The van der Waals surface area contributed by atoms with E-state index >= 15 is 0 Å². The van der Waals surface area contributed by atoms with E-state index in [4.69, 9.17) is 23.2 Å². The Bertz CT molecular complexity index is 737. The number of benzene rings is 2. The highest BCUT2D eigenvalue weighted by Gasteiger charge is 2.40. The molecule has 1 fully saturated rings. The summed E-state index contributed by atoms with van der Waals surface area (Å²) in [5, 5.41) is 23.7. The second-order valence-electron chi connectivity index (χ2n) is 5.89. The van der Waals surface area contributed by atoms with Gasteiger partial charge in [0.2, 0.25) is 0 Å². The van der Waals surface area contributed by atoms with Crippen LogP contribution in [0.1, 0.15) is 17.2 Å². The Hall–Kier alpha value is -1.59. The molecule has 0 aromatic heterocycles. The van der Waals surface area contributed by atoms with Crippen LogP contribution < -0.4 is 0 Å². The van der Waals surface area contributed by atoms with Gasteiger partial charge in [-0.3, -0.25) is 4.90 Å². The predicted octanol–water partition coefficient (Wildman–Crippen LogP) is 3.99. The summed E-state index contributed by atoms with van der Waals surface area (Å²) in [6, 6.07) is 15.0. The Labute approximate surface area is 150 Å². The number of aliphatic hydroxyl groups excluding tert-OH is 1. The first-order valence-corrected chi connectivity index (χ1v) is 8.45. The highest BCUT2D eigenvalue weighted by atomic mass is 35.5. The van der Waals surface area contributed by atoms with E-state index in [0.717, 1.165) is 11.1 Å². The third-order valence-electron chi connectivity index (χ3n) is 4.34. The lowest BCUT2D eigenvalue weighted by molar-refractivity contribution is 0.214. The van der Waals surface area contributed by atoms with Crippen LogP contribution in [0, 0.1) is 5.92 Å². The number of hydrogen-bond donors (Lipinski definition) is 2. The molecule has 1 aliphatic heterocycles. The lowest BCUT2D eigenvalue weighted by Crippen LogP contribution is -2.25. The van der Waals surface area contributed by atoms with Gasteiger partial charge in [0, 0.05) is 29.1 Å². The number of oxime groups is 1. The van der Waals surface area contributed by atoms with E-state index in [1.165, 1.54) is 0 Å². The van der Waals surface area contributed by atoms with Crippen LogP contribution in [0.2, 0.25) is 10.0 Å². The van der Waals surface area contributed by atoms with Gasteiger partial charge in [0.25, 0.3) is 0 Å². The number of aliphatic hydroxyl groups is 1. The van der Waals surface area contributed by atoms with Crippen LogP contribution in [0.5, 0.6) is 0 Å². The van der Waals surface area contributed by atoms with Crippen molar-refractivity contribution in [1.82, 2.24) is 4.90 Å². The number of halogens is 2. The second kappa shape index (κ2) is 7.53. The minimum absolute atomic E-state index is 0.0770. The van der Waals surface area contributed by atoms with E-state index in [2.05, 4.69) is 10.1 Å². The summed E-state index contributed by atoms with van der Waals surface area (Å²) in [6.07, 6.45) is 0. The quantitative estimate of drug-likeness (QED) is 0.636. The summed E-state index contributed by atoms with van der Waals surface area (Å²) in [4.78, 5) is 2.15. The van der Waals surface area contributed by atoms with Crippen LogP contribution in [0.15, 0.2) is 53.7 Å². The van der Waals surface area contributed by atoms with Crippen molar-refractivity contribution < 1.29 is 10.3 Å². The van der Waals surface area contributed by atoms with Gasteiger partial charge >= 0.3 is 0 Å². The summed E-state index contributed by atoms with van der Waals surface area (Å²) >= 11 is 12.4. The fourth-order valence-corrected chi connectivity index (χ4v) is 3.74. The first kappa shape index (κ1) is 17.2. The molecule has 4 nitrogen and oxygen atoms in total. The highest BCUT2D eigenvalue weighted by Crippen LogP contribution is 2.38. The van der Waals surface area contributed by atoms with Gasteiger partial charge in [-0.15, -0.1) is 0 Å². The zero-order chi connectivity index (χ0) is 17.1. The zero-order valence-electron chi connectivity index (χ0n) is 12.9. The lowest BCUT2D eigenvalue weighted by atomic mass is 9.97. The van der Waals surface area contributed by atoms with Gasteiger partial charge in [-0.25, -0.2) is 0 Å². The molecule has 1 heterocycles. The average molecular weight is 365 g/mol. The smallest absolute Gasteiger partial charge is 0.0854 e. The molecule has 2 N–H and O–H groups in total. The summed E-state index contributed by atoms with van der Waals surface area (Å²) < 4.78 is 0. The van der Waals surface area contributed by atoms with Gasteiger partial charge < -0.3 is 10.3 Å². The zero-order valence-corrected chi connectivity index (χ0v) is 14.5. The Morgan fingerprint density at radius 3 is 2.50 bits per heavy atom. The third kappa shape index (κ3) is 3.42. The predicted molar refractivity (Wildman–Crippen MR) is 95.9 cm³/mol. The molecule has 24 heavy (non-hydrogen) atoms. The molecule has 2 aromatic rings. The Kier molecular flexibility index (Phi) is 5.41. The molecule has 0 aliphatic carbocycles. The van der Waals surface area contributed by atoms with Crippen LogP contribution in [-0.4, -0.2) is 34.1 Å². The molecule has 126 valence electrons. The Morgan fingerprint density at radius 2 is 1.88 bits per heavy atom. The molecule has 2 aromatic carbocycles. The second-order valence-corrected chi connectivity index (χ2v) is 6.73. The van der Waals surface area contributed by atoms with Crippen molar-refractivity contribution >= 4 is 28.9 Å². The number of likely N-dealkylation sites (tertiary alicyclic amines) is 1. The molecule has 2 atom stereocenters. The highest BCUT2D eigenvalue weighted by molar-refractivity contribution is 6.35. The average Bonchev–Trinajstić information content (AvgIpc) is 2.93. The Morgan fingerprint density at radius 1 is 1.12 bits per heavy atom. The summed E-state index contributed by atoms with van der Waals surface area (Å²) in [5.74, 6) is -0.226. The van der Waals surface area contributed by atoms with Crippen LogP contribution in [0.25, 0.3) is 0 Å². The monoisotopic (exact) mass is 364 g/mol. The minimum atomic E-state index is -0.294. The van der Waals surface area contributed by atoms with Crippen molar-refractivity contribution in [1.29, 1.82) is 0 Å². The summed E-state index contributed by atoms with van der Waals surface area (Å²) in [7, 11) is 0. The van der Waals surface area contributed by atoms with E-state index in [0.29, 0.717) is 28.8 Å². The first-order chi connectivity index (χ1) is 11.6. The first-order valence-electron chi connectivity index (χ1n) is 7.69. The molecule has 0 bridgehead atoms. The van der Waals surface area contributed by atoms with Gasteiger partial charge in [-0.1, -0.05) is 64.8 Å². The topological polar surface area (TPSA) is 56.1 Å². The normalized spacial score (nSPS) is 23.0. The standard InChI is InChI=1S/C18H18Cl2N2O2/c19-14-6-7-15(16(20)8-14)18-17(21-24)13(11-23)10-22(18)9-12-4-2-1-3-5-12/h1-8,13,18,23-24H,9-11H2/b21-17+/t13-,18-/m0/s1. The van der Waals surface area contributed by atoms with Gasteiger partial charge in [0.05, 0.1) is 18.4 Å². The Balaban J connectivity index is 1.99.